The molecule has 122 valence electrons. The second kappa shape index (κ2) is 8.15. The van der Waals surface area contributed by atoms with Crippen LogP contribution in [0.5, 0.6) is 0 Å². The molecule has 0 spiro atoms. The van der Waals surface area contributed by atoms with Gasteiger partial charge in [0.25, 0.3) is 0 Å². The van der Waals surface area contributed by atoms with Gasteiger partial charge >= 0.3 is 6.03 Å². The number of aliphatic hydroxyl groups is 1. The smallest absolute Gasteiger partial charge is 0.314 e. The number of nitrogens with zero attached hydrogens (tertiary/aromatic N) is 1. The number of urea groups is 1. The predicted octanol–water partition coefficient (Wildman–Crippen LogP) is 1.37. The Morgan fingerprint density at radius 3 is 2.55 bits per heavy atom. The van der Waals surface area contributed by atoms with E-state index in [1.54, 1.807) is 0 Å². The molecule has 5 heteroatoms. The lowest BCUT2D eigenvalue weighted by atomic mass is 10.1. The minimum Gasteiger partial charge on any atom is -0.391 e. The number of aliphatic hydroxyl groups excluding tert-OH is 1. The van der Waals surface area contributed by atoms with Crippen molar-refractivity contribution in [2.75, 3.05) is 20.1 Å². The molecule has 2 amide bonds. The Morgan fingerprint density at radius 2 is 1.91 bits per heavy atom. The Kier molecular flexibility index (Phi) is 6.21. The van der Waals surface area contributed by atoms with Crippen molar-refractivity contribution in [3.05, 3.63) is 35.9 Å². The Hall–Kier alpha value is -1.59. The highest BCUT2D eigenvalue weighted by Gasteiger charge is 2.29. The molecule has 2 atom stereocenters. The zero-order valence-electron chi connectivity index (χ0n) is 13.5. The van der Waals surface area contributed by atoms with Crippen LogP contribution in [0.3, 0.4) is 0 Å². The normalized spacial score (nSPS) is 17.1. The van der Waals surface area contributed by atoms with E-state index in [-0.39, 0.29) is 12.6 Å². The van der Waals surface area contributed by atoms with Gasteiger partial charge in [0.2, 0.25) is 0 Å². The lowest BCUT2D eigenvalue weighted by Gasteiger charge is -2.24. The number of likely N-dealkylation sites (N-methyl/N-ethyl adjacent to an activating group) is 1. The molecule has 0 bridgehead atoms. The lowest BCUT2D eigenvalue weighted by Crippen LogP contribution is -2.46. The number of hydrogen-bond acceptors (Lipinski definition) is 3. The van der Waals surface area contributed by atoms with Gasteiger partial charge in [0.1, 0.15) is 0 Å². The van der Waals surface area contributed by atoms with Gasteiger partial charge in [-0.1, -0.05) is 30.3 Å². The van der Waals surface area contributed by atoms with Gasteiger partial charge in [-0.15, -0.1) is 0 Å². The molecule has 2 unspecified atom stereocenters. The Balaban J connectivity index is 1.60. The zero-order chi connectivity index (χ0) is 15.9. The summed E-state index contributed by atoms with van der Waals surface area (Å²) in [6, 6.07) is 10.6. The van der Waals surface area contributed by atoms with Gasteiger partial charge in [0, 0.05) is 31.6 Å². The summed E-state index contributed by atoms with van der Waals surface area (Å²) in [5.41, 5.74) is 1.07. The van der Waals surface area contributed by atoms with Crippen LogP contribution >= 0.6 is 0 Å². The molecule has 0 aliphatic heterocycles. The number of carbonyl (C=O) groups excluding carboxylic acids is 1. The van der Waals surface area contributed by atoms with Gasteiger partial charge in [0.15, 0.2) is 0 Å². The first kappa shape index (κ1) is 16.8. The second-order valence-corrected chi connectivity index (χ2v) is 6.18. The third-order valence-corrected chi connectivity index (χ3v) is 4.19. The van der Waals surface area contributed by atoms with E-state index in [1.807, 2.05) is 30.3 Å². The number of nitrogens with one attached hydrogen (secondary N) is 2. The van der Waals surface area contributed by atoms with Gasteiger partial charge < -0.3 is 15.7 Å². The summed E-state index contributed by atoms with van der Waals surface area (Å²) in [7, 11) is 2.10. The van der Waals surface area contributed by atoms with E-state index >= 15 is 0 Å². The van der Waals surface area contributed by atoms with Crippen molar-refractivity contribution in [3.63, 3.8) is 0 Å². The molecule has 0 aromatic heterocycles. The molecule has 5 nitrogen and oxygen atoms in total. The highest BCUT2D eigenvalue weighted by Crippen LogP contribution is 2.26. The predicted molar refractivity (Wildman–Crippen MR) is 87.8 cm³/mol. The van der Waals surface area contributed by atoms with Crippen molar-refractivity contribution < 1.29 is 9.90 Å². The molecule has 1 fully saturated rings. The molecular weight excluding hydrogens is 278 g/mol. The molecule has 3 N–H and O–H groups in total. The van der Waals surface area contributed by atoms with Gasteiger partial charge in [-0.05, 0) is 32.4 Å². The van der Waals surface area contributed by atoms with Crippen molar-refractivity contribution in [3.8, 4) is 0 Å². The van der Waals surface area contributed by atoms with E-state index < -0.39 is 6.10 Å². The maximum atomic E-state index is 11.8. The Labute approximate surface area is 132 Å². The van der Waals surface area contributed by atoms with Crippen LogP contribution in [0, 0.1) is 0 Å². The molecule has 1 aliphatic rings. The molecule has 1 aliphatic carbocycles. The van der Waals surface area contributed by atoms with Crippen molar-refractivity contribution in [2.45, 2.75) is 44.4 Å². The van der Waals surface area contributed by atoms with Crippen LogP contribution in [0.4, 0.5) is 4.79 Å². The summed E-state index contributed by atoms with van der Waals surface area (Å²) >= 11 is 0. The first-order chi connectivity index (χ1) is 10.6. The summed E-state index contributed by atoms with van der Waals surface area (Å²) in [6.07, 6.45) is 2.50. The average molecular weight is 305 g/mol. The second-order valence-electron chi connectivity index (χ2n) is 6.18. The van der Waals surface area contributed by atoms with Crippen molar-refractivity contribution in [2.24, 2.45) is 0 Å². The van der Waals surface area contributed by atoms with Crippen LogP contribution in [0.2, 0.25) is 0 Å². The van der Waals surface area contributed by atoms with Gasteiger partial charge in [-0.25, -0.2) is 4.79 Å². The Morgan fingerprint density at radius 1 is 1.27 bits per heavy atom. The molecule has 2 rings (SSSR count). The fourth-order valence-corrected chi connectivity index (χ4v) is 2.46. The molecule has 0 radical (unpaired) electrons. The maximum Gasteiger partial charge on any atom is 0.314 e. The van der Waals surface area contributed by atoms with E-state index in [1.165, 1.54) is 12.8 Å². The molecular formula is C17H27N3O2. The molecule has 1 aromatic rings. The van der Waals surface area contributed by atoms with Crippen LogP contribution in [0.25, 0.3) is 0 Å². The Bertz CT molecular complexity index is 462. The largest absolute Gasteiger partial charge is 0.391 e. The summed E-state index contributed by atoms with van der Waals surface area (Å²) in [4.78, 5) is 14.1. The number of carbonyl (C=O) groups is 1. The molecule has 22 heavy (non-hydrogen) atoms. The lowest BCUT2D eigenvalue weighted by molar-refractivity contribution is 0.169. The van der Waals surface area contributed by atoms with Crippen molar-refractivity contribution in [1.82, 2.24) is 15.5 Å². The number of benzene rings is 1. The highest BCUT2D eigenvalue weighted by molar-refractivity contribution is 5.73. The summed E-state index contributed by atoms with van der Waals surface area (Å²) in [5.74, 6) is 0. The maximum absolute atomic E-state index is 11.8. The fraction of sp³-hybridized carbons (Fsp3) is 0.588. The number of rotatable bonds is 8. The quantitative estimate of drug-likeness (QED) is 0.680. The first-order valence-corrected chi connectivity index (χ1v) is 8.02. The SMILES string of the molecule is CC(CNC(=O)NCC(O)Cc1ccccc1)N(C)C1CC1. The van der Waals surface area contributed by atoms with Gasteiger partial charge in [0.05, 0.1) is 6.10 Å². The highest BCUT2D eigenvalue weighted by atomic mass is 16.3. The van der Waals surface area contributed by atoms with E-state index in [9.17, 15) is 9.90 Å². The summed E-state index contributed by atoms with van der Waals surface area (Å²) in [6.45, 7) is 2.99. The topological polar surface area (TPSA) is 64.6 Å². The molecule has 1 aromatic carbocycles. The van der Waals surface area contributed by atoms with Crippen LogP contribution in [0.1, 0.15) is 25.3 Å². The van der Waals surface area contributed by atoms with E-state index in [4.69, 9.17) is 0 Å². The third-order valence-electron chi connectivity index (χ3n) is 4.19. The van der Waals surface area contributed by atoms with E-state index in [0.717, 1.165) is 5.56 Å². The zero-order valence-corrected chi connectivity index (χ0v) is 13.5. The van der Waals surface area contributed by atoms with Gasteiger partial charge in [-0.3, -0.25) is 4.90 Å². The minimum atomic E-state index is -0.570. The first-order valence-electron chi connectivity index (χ1n) is 8.02. The number of amides is 2. The van der Waals surface area contributed by atoms with Crippen LogP contribution in [-0.2, 0) is 6.42 Å². The molecule has 1 saturated carbocycles. The van der Waals surface area contributed by atoms with Crippen molar-refractivity contribution >= 4 is 6.03 Å². The average Bonchev–Trinajstić information content (AvgIpc) is 3.35. The summed E-state index contributed by atoms with van der Waals surface area (Å²) in [5, 5.41) is 15.5. The minimum absolute atomic E-state index is 0.219. The fourth-order valence-electron chi connectivity index (χ4n) is 2.46. The van der Waals surface area contributed by atoms with E-state index in [2.05, 4.69) is 29.5 Å². The number of hydrogen-bond donors (Lipinski definition) is 3. The monoisotopic (exact) mass is 305 g/mol. The molecule has 0 saturated heterocycles. The van der Waals surface area contributed by atoms with Crippen LogP contribution in [0.15, 0.2) is 30.3 Å². The standard InChI is InChI=1S/C17H27N3O2/c1-13(20(2)15-8-9-15)11-18-17(22)19-12-16(21)10-14-6-4-3-5-7-14/h3-7,13,15-16,21H,8-12H2,1-2H3,(H2,18,19,22). The third kappa shape index (κ3) is 5.66. The molecule has 0 heterocycles. The van der Waals surface area contributed by atoms with E-state index in [0.29, 0.717) is 25.0 Å². The van der Waals surface area contributed by atoms with Crippen molar-refractivity contribution in [1.29, 1.82) is 0 Å². The van der Waals surface area contributed by atoms with Crippen LogP contribution in [-0.4, -0.2) is 54.4 Å². The summed E-state index contributed by atoms with van der Waals surface area (Å²) < 4.78 is 0. The van der Waals surface area contributed by atoms with Crippen LogP contribution < -0.4 is 10.6 Å². The van der Waals surface area contributed by atoms with Gasteiger partial charge in [-0.2, -0.15) is 0 Å².